The van der Waals surface area contributed by atoms with E-state index in [1.54, 1.807) is 31.5 Å². The highest BCUT2D eigenvalue weighted by atomic mass is 32.1. The molecule has 1 atom stereocenters. The Bertz CT molecular complexity index is 974. The Morgan fingerprint density at radius 1 is 1.14 bits per heavy atom. The van der Waals surface area contributed by atoms with Crippen LogP contribution in [0.3, 0.4) is 0 Å². The fourth-order valence-corrected chi connectivity index (χ4v) is 3.70. The monoisotopic (exact) mass is 398 g/mol. The smallest absolute Gasteiger partial charge is 0.247 e. The average Bonchev–Trinajstić information content (AvgIpc) is 3.12. The van der Waals surface area contributed by atoms with Crippen LogP contribution in [0.1, 0.15) is 6.92 Å². The minimum absolute atomic E-state index is 0.183. The van der Waals surface area contributed by atoms with Crippen LogP contribution in [0.15, 0.2) is 54.9 Å². The number of benzene rings is 1. The summed E-state index contributed by atoms with van der Waals surface area (Å²) in [5, 5.41) is 5.95. The Kier molecular flexibility index (Phi) is 6.13. The SMILES string of the molecule is C[C@H](NC(=O)CN)C(=O)Nc1cc(-c2ccc(F)cc2)c(-c2ccncc2)s1. The third kappa shape index (κ3) is 4.59. The molecule has 2 amide bonds. The summed E-state index contributed by atoms with van der Waals surface area (Å²) in [6.07, 6.45) is 3.37. The summed E-state index contributed by atoms with van der Waals surface area (Å²) in [4.78, 5) is 28.7. The quantitative estimate of drug-likeness (QED) is 0.595. The van der Waals surface area contributed by atoms with Crippen LogP contribution >= 0.6 is 11.3 Å². The number of nitrogens with one attached hydrogen (secondary N) is 2. The molecule has 144 valence electrons. The van der Waals surface area contributed by atoms with Crippen LogP contribution in [0.2, 0.25) is 0 Å². The van der Waals surface area contributed by atoms with E-state index in [1.165, 1.54) is 23.5 Å². The topological polar surface area (TPSA) is 97.1 Å². The summed E-state index contributed by atoms with van der Waals surface area (Å²) in [7, 11) is 0. The molecule has 0 aliphatic rings. The van der Waals surface area contributed by atoms with Crippen molar-refractivity contribution >= 4 is 28.2 Å². The Hall–Kier alpha value is -3.10. The first-order valence-electron chi connectivity index (χ1n) is 8.58. The summed E-state index contributed by atoms with van der Waals surface area (Å²) in [5.74, 6) is -1.07. The number of amides is 2. The molecular weight excluding hydrogens is 379 g/mol. The second kappa shape index (κ2) is 8.73. The van der Waals surface area contributed by atoms with E-state index in [0.717, 1.165) is 21.6 Å². The van der Waals surface area contributed by atoms with Crippen molar-refractivity contribution in [3.05, 3.63) is 60.7 Å². The van der Waals surface area contributed by atoms with Crippen LogP contribution < -0.4 is 16.4 Å². The van der Waals surface area contributed by atoms with E-state index in [2.05, 4.69) is 15.6 Å². The predicted octanol–water partition coefficient (Wildman–Crippen LogP) is 3.02. The van der Waals surface area contributed by atoms with Crippen molar-refractivity contribution < 1.29 is 14.0 Å². The number of aromatic nitrogens is 1. The second-order valence-corrected chi connectivity index (χ2v) is 7.13. The van der Waals surface area contributed by atoms with Gasteiger partial charge in [0.25, 0.3) is 0 Å². The molecule has 0 saturated carbocycles. The third-order valence-electron chi connectivity index (χ3n) is 4.03. The summed E-state index contributed by atoms with van der Waals surface area (Å²) in [5.41, 5.74) is 7.89. The average molecular weight is 398 g/mol. The zero-order valence-electron chi connectivity index (χ0n) is 15.1. The molecule has 4 N–H and O–H groups in total. The van der Waals surface area contributed by atoms with Gasteiger partial charge in [-0.3, -0.25) is 14.6 Å². The van der Waals surface area contributed by atoms with Crippen molar-refractivity contribution in [1.82, 2.24) is 10.3 Å². The van der Waals surface area contributed by atoms with Crippen molar-refractivity contribution in [2.75, 3.05) is 11.9 Å². The molecule has 0 radical (unpaired) electrons. The highest BCUT2D eigenvalue weighted by molar-refractivity contribution is 7.20. The lowest BCUT2D eigenvalue weighted by molar-refractivity contribution is -0.125. The first kappa shape index (κ1) is 19.7. The number of rotatable bonds is 6. The third-order valence-corrected chi connectivity index (χ3v) is 5.13. The van der Waals surface area contributed by atoms with E-state index in [-0.39, 0.29) is 18.3 Å². The van der Waals surface area contributed by atoms with Gasteiger partial charge in [-0.1, -0.05) is 12.1 Å². The Labute approximate surface area is 165 Å². The fourth-order valence-electron chi connectivity index (χ4n) is 2.61. The lowest BCUT2D eigenvalue weighted by atomic mass is 10.0. The summed E-state index contributed by atoms with van der Waals surface area (Å²) >= 11 is 1.39. The number of pyridine rings is 1. The van der Waals surface area contributed by atoms with Crippen molar-refractivity contribution in [2.45, 2.75) is 13.0 Å². The normalized spacial score (nSPS) is 11.7. The van der Waals surface area contributed by atoms with E-state index in [1.807, 2.05) is 18.2 Å². The molecule has 0 bridgehead atoms. The van der Waals surface area contributed by atoms with Gasteiger partial charge >= 0.3 is 0 Å². The lowest BCUT2D eigenvalue weighted by Gasteiger charge is -2.12. The maximum absolute atomic E-state index is 13.3. The first-order chi connectivity index (χ1) is 13.5. The molecule has 2 heterocycles. The standard InChI is InChI=1S/C20H19FN4O2S/c1-12(24-17(26)11-22)20(27)25-18-10-16(13-2-4-15(21)5-3-13)19(28-18)14-6-8-23-9-7-14/h2-10,12H,11,22H2,1H3,(H,24,26)(H,25,27)/t12-/m0/s1. The number of halogens is 1. The van der Waals surface area contributed by atoms with Gasteiger partial charge in [0, 0.05) is 22.8 Å². The van der Waals surface area contributed by atoms with Crippen LogP contribution in [0, 0.1) is 5.82 Å². The number of carbonyl (C=O) groups excluding carboxylic acids is 2. The molecule has 2 aromatic heterocycles. The summed E-state index contributed by atoms with van der Waals surface area (Å²) < 4.78 is 13.3. The van der Waals surface area contributed by atoms with Crippen molar-refractivity contribution in [1.29, 1.82) is 0 Å². The van der Waals surface area contributed by atoms with Crippen LogP contribution in [0.4, 0.5) is 9.39 Å². The molecule has 0 aliphatic carbocycles. The van der Waals surface area contributed by atoms with Crippen molar-refractivity contribution in [2.24, 2.45) is 5.73 Å². The Morgan fingerprint density at radius 3 is 2.46 bits per heavy atom. The van der Waals surface area contributed by atoms with Gasteiger partial charge in [0.05, 0.1) is 11.5 Å². The summed E-state index contributed by atoms with van der Waals surface area (Å²) in [6, 6.07) is 11.0. The number of hydrogen-bond donors (Lipinski definition) is 3. The van der Waals surface area contributed by atoms with Crippen LogP contribution in [-0.2, 0) is 9.59 Å². The maximum Gasteiger partial charge on any atom is 0.247 e. The number of hydrogen-bond acceptors (Lipinski definition) is 5. The summed E-state index contributed by atoms with van der Waals surface area (Å²) in [6.45, 7) is 1.40. The largest absolute Gasteiger partial charge is 0.343 e. The number of thiophene rings is 1. The molecule has 8 heteroatoms. The van der Waals surface area contributed by atoms with Crippen LogP contribution in [0.5, 0.6) is 0 Å². The number of carbonyl (C=O) groups is 2. The number of nitrogens with two attached hydrogens (primary N) is 1. The molecule has 0 aliphatic heterocycles. The van der Waals surface area contributed by atoms with E-state index >= 15 is 0 Å². The van der Waals surface area contributed by atoms with Gasteiger partial charge in [0.15, 0.2) is 0 Å². The zero-order chi connectivity index (χ0) is 20.1. The van der Waals surface area contributed by atoms with Crippen molar-refractivity contribution in [3.63, 3.8) is 0 Å². The van der Waals surface area contributed by atoms with Gasteiger partial charge in [-0.25, -0.2) is 4.39 Å². The number of anilines is 1. The predicted molar refractivity (Wildman–Crippen MR) is 108 cm³/mol. The molecule has 0 spiro atoms. The van der Waals surface area contributed by atoms with E-state index in [9.17, 15) is 14.0 Å². The first-order valence-corrected chi connectivity index (χ1v) is 9.40. The molecule has 1 aromatic carbocycles. The van der Waals surface area contributed by atoms with Gasteiger partial charge in [-0.15, -0.1) is 11.3 Å². The minimum Gasteiger partial charge on any atom is -0.343 e. The molecule has 0 fully saturated rings. The molecule has 6 nitrogen and oxygen atoms in total. The van der Waals surface area contributed by atoms with E-state index in [4.69, 9.17) is 5.73 Å². The van der Waals surface area contributed by atoms with Gasteiger partial charge in [0.2, 0.25) is 11.8 Å². The Morgan fingerprint density at radius 2 is 1.82 bits per heavy atom. The van der Waals surface area contributed by atoms with Crippen molar-refractivity contribution in [3.8, 4) is 21.6 Å². The van der Waals surface area contributed by atoms with E-state index < -0.39 is 11.9 Å². The fraction of sp³-hybridized carbons (Fsp3) is 0.150. The highest BCUT2D eigenvalue weighted by Gasteiger charge is 2.18. The molecular formula is C20H19FN4O2S. The molecule has 28 heavy (non-hydrogen) atoms. The maximum atomic E-state index is 13.3. The lowest BCUT2D eigenvalue weighted by Crippen LogP contribution is -2.43. The molecule has 0 saturated heterocycles. The minimum atomic E-state index is -0.725. The molecule has 0 unspecified atom stereocenters. The molecule has 3 rings (SSSR count). The van der Waals surface area contributed by atoms with Crippen LogP contribution in [-0.4, -0.2) is 29.4 Å². The van der Waals surface area contributed by atoms with Gasteiger partial charge in [-0.2, -0.15) is 0 Å². The Balaban J connectivity index is 1.92. The van der Waals surface area contributed by atoms with Gasteiger partial charge in [0.1, 0.15) is 11.9 Å². The van der Waals surface area contributed by atoms with Gasteiger partial charge in [-0.05, 0) is 48.4 Å². The molecule has 3 aromatic rings. The highest BCUT2D eigenvalue weighted by Crippen LogP contribution is 2.41. The number of nitrogens with zero attached hydrogens (tertiary/aromatic N) is 1. The van der Waals surface area contributed by atoms with E-state index in [0.29, 0.717) is 5.00 Å². The van der Waals surface area contributed by atoms with Crippen LogP contribution in [0.25, 0.3) is 21.6 Å². The zero-order valence-corrected chi connectivity index (χ0v) is 15.9. The van der Waals surface area contributed by atoms with Gasteiger partial charge < -0.3 is 16.4 Å². The second-order valence-electron chi connectivity index (χ2n) is 6.08.